The van der Waals surface area contributed by atoms with Crippen LogP contribution in [0.3, 0.4) is 0 Å². The Morgan fingerprint density at radius 3 is 2.54 bits per heavy atom. The molecule has 0 unspecified atom stereocenters. The molecule has 1 aliphatic heterocycles. The molecule has 2 aliphatic rings. The van der Waals surface area contributed by atoms with Crippen molar-refractivity contribution in [1.82, 2.24) is 15.5 Å². The number of halogens is 2. The largest absolute Gasteiger partial charge is 0.359 e. The molecule has 7 heteroatoms. The molecule has 1 aliphatic carbocycles. The second kappa shape index (κ2) is 10.4. The molecule has 0 aromatic heterocycles. The van der Waals surface area contributed by atoms with Crippen LogP contribution in [0.25, 0.3) is 0 Å². The van der Waals surface area contributed by atoms with Gasteiger partial charge in [-0.1, -0.05) is 18.2 Å². The fraction of sp³-hybridized carbons (Fsp3) is 0.619. The van der Waals surface area contributed by atoms with Crippen molar-refractivity contribution in [3.8, 4) is 0 Å². The van der Waals surface area contributed by atoms with Crippen molar-refractivity contribution in [2.75, 3.05) is 33.2 Å². The molecule has 3 rings (SSSR count). The Balaban J connectivity index is 0.00000280. The summed E-state index contributed by atoms with van der Waals surface area (Å²) in [5.74, 6) is 1.36. The zero-order chi connectivity index (χ0) is 19.3. The van der Waals surface area contributed by atoms with Crippen molar-refractivity contribution in [3.63, 3.8) is 0 Å². The maximum atomic E-state index is 14.2. The van der Waals surface area contributed by atoms with Crippen molar-refractivity contribution < 1.29 is 9.18 Å². The van der Waals surface area contributed by atoms with Gasteiger partial charge in [-0.05, 0) is 50.2 Å². The summed E-state index contributed by atoms with van der Waals surface area (Å²) >= 11 is 0. The molecule has 2 N–H and O–H groups in total. The highest BCUT2D eigenvalue weighted by molar-refractivity contribution is 14.0. The minimum absolute atomic E-state index is 0. The highest BCUT2D eigenvalue weighted by atomic mass is 127. The Hall–Kier alpha value is -1.38. The van der Waals surface area contributed by atoms with Crippen molar-refractivity contribution in [3.05, 3.63) is 35.6 Å². The first-order chi connectivity index (χ1) is 13.1. The minimum atomic E-state index is -0.135. The summed E-state index contributed by atoms with van der Waals surface area (Å²) in [6, 6.07) is 7.09. The molecule has 2 fully saturated rings. The summed E-state index contributed by atoms with van der Waals surface area (Å²) in [6.45, 7) is 5.30. The van der Waals surface area contributed by atoms with Crippen LogP contribution < -0.4 is 10.6 Å². The van der Waals surface area contributed by atoms with Gasteiger partial charge in [-0.2, -0.15) is 0 Å². The molecule has 156 valence electrons. The average molecular weight is 502 g/mol. The number of nitrogens with one attached hydrogen (secondary N) is 2. The predicted molar refractivity (Wildman–Crippen MR) is 122 cm³/mol. The smallest absolute Gasteiger partial charge is 0.220 e. The number of hydrogen-bond acceptors (Lipinski definition) is 2. The monoisotopic (exact) mass is 502 g/mol. The number of hydrogen-bond donors (Lipinski definition) is 2. The van der Waals surface area contributed by atoms with Gasteiger partial charge < -0.3 is 15.5 Å². The molecule has 1 saturated carbocycles. The van der Waals surface area contributed by atoms with Crippen molar-refractivity contribution in [1.29, 1.82) is 0 Å². The Bertz CT molecular complexity index is 685. The third-order valence-corrected chi connectivity index (χ3v) is 5.83. The average Bonchev–Trinajstić information content (AvgIpc) is 3.47. The van der Waals surface area contributed by atoms with Crippen molar-refractivity contribution in [2.24, 2.45) is 10.9 Å². The summed E-state index contributed by atoms with van der Waals surface area (Å²) in [6.07, 6.45) is 4.58. The number of carbonyl (C=O) groups is 1. The molecule has 0 atom stereocenters. The van der Waals surface area contributed by atoms with E-state index in [1.54, 1.807) is 19.2 Å². The lowest BCUT2D eigenvalue weighted by Crippen LogP contribution is -2.46. The van der Waals surface area contributed by atoms with Crippen LogP contribution in [0.5, 0.6) is 0 Å². The summed E-state index contributed by atoms with van der Waals surface area (Å²) in [5.41, 5.74) is 0.665. The van der Waals surface area contributed by atoms with E-state index in [2.05, 4.69) is 22.5 Å². The van der Waals surface area contributed by atoms with E-state index >= 15 is 0 Å². The van der Waals surface area contributed by atoms with Gasteiger partial charge in [0.05, 0.1) is 6.54 Å². The first-order valence-corrected chi connectivity index (χ1v) is 10.1. The fourth-order valence-corrected chi connectivity index (χ4v) is 3.92. The molecular weight excluding hydrogens is 470 g/mol. The number of benzene rings is 1. The summed E-state index contributed by atoms with van der Waals surface area (Å²) in [7, 11) is 1.69. The van der Waals surface area contributed by atoms with Crippen LogP contribution in [0, 0.1) is 11.7 Å². The van der Waals surface area contributed by atoms with E-state index in [1.165, 1.54) is 0 Å². The van der Waals surface area contributed by atoms with Crippen molar-refractivity contribution in [2.45, 2.75) is 44.4 Å². The lowest BCUT2D eigenvalue weighted by atomic mass is 9.93. The zero-order valence-electron chi connectivity index (χ0n) is 16.8. The van der Waals surface area contributed by atoms with E-state index in [9.17, 15) is 9.18 Å². The zero-order valence-corrected chi connectivity index (χ0v) is 19.2. The van der Waals surface area contributed by atoms with Crippen molar-refractivity contribution >= 4 is 35.8 Å². The van der Waals surface area contributed by atoms with Gasteiger partial charge in [0, 0.05) is 38.5 Å². The molecule has 1 saturated heterocycles. The summed E-state index contributed by atoms with van der Waals surface area (Å²) in [4.78, 5) is 18.7. The van der Waals surface area contributed by atoms with Crippen LogP contribution in [-0.2, 0) is 10.2 Å². The number of likely N-dealkylation sites (tertiary alicyclic amines) is 1. The highest BCUT2D eigenvalue weighted by Gasteiger charge is 2.46. The topological polar surface area (TPSA) is 56.7 Å². The third-order valence-electron chi connectivity index (χ3n) is 5.83. The van der Waals surface area contributed by atoms with E-state index in [1.807, 2.05) is 12.1 Å². The third kappa shape index (κ3) is 5.58. The maximum Gasteiger partial charge on any atom is 0.220 e. The van der Waals surface area contributed by atoms with Crippen LogP contribution in [-0.4, -0.2) is 50.0 Å². The van der Waals surface area contributed by atoms with Crippen LogP contribution in [0.15, 0.2) is 29.3 Å². The van der Waals surface area contributed by atoms with E-state index in [0.29, 0.717) is 18.9 Å². The van der Waals surface area contributed by atoms with Crippen LogP contribution >= 0.6 is 24.0 Å². The Labute approximate surface area is 184 Å². The molecule has 1 amide bonds. The lowest BCUT2D eigenvalue weighted by molar-refractivity contribution is -0.121. The quantitative estimate of drug-likeness (QED) is 0.357. The van der Waals surface area contributed by atoms with E-state index < -0.39 is 0 Å². The van der Waals surface area contributed by atoms with Crippen LogP contribution in [0.2, 0.25) is 0 Å². The number of aliphatic imine (C=N–C) groups is 1. The highest BCUT2D eigenvalue weighted by Crippen LogP contribution is 2.49. The molecule has 28 heavy (non-hydrogen) atoms. The van der Waals surface area contributed by atoms with Gasteiger partial charge in [0.25, 0.3) is 0 Å². The molecule has 1 aromatic rings. The minimum Gasteiger partial charge on any atom is -0.359 e. The van der Waals surface area contributed by atoms with Crippen LogP contribution in [0.1, 0.15) is 44.6 Å². The van der Waals surface area contributed by atoms with E-state index in [0.717, 1.165) is 56.8 Å². The SMILES string of the molecule is CCNC(=NCC1(c2ccccc2F)CC1)N1CCC(CC(=O)NC)CC1.I. The number of amides is 1. The van der Waals surface area contributed by atoms with Crippen LogP contribution in [0.4, 0.5) is 4.39 Å². The second-order valence-corrected chi connectivity index (χ2v) is 7.74. The number of carbonyl (C=O) groups excluding carboxylic acids is 1. The molecule has 0 spiro atoms. The van der Waals surface area contributed by atoms with E-state index in [-0.39, 0.29) is 41.1 Å². The Morgan fingerprint density at radius 1 is 1.29 bits per heavy atom. The van der Waals surface area contributed by atoms with Gasteiger partial charge in [0.1, 0.15) is 5.82 Å². The number of nitrogens with zero attached hydrogens (tertiary/aromatic N) is 2. The van der Waals surface area contributed by atoms with E-state index in [4.69, 9.17) is 4.99 Å². The lowest BCUT2D eigenvalue weighted by Gasteiger charge is -2.34. The maximum absolute atomic E-state index is 14.2. The second-order valence-electron chi connectivity index (χ2n) is 7.74. The molecule has 0 bridgehead atoms. The van der Waals surface area contributed by atoms with Gasteiger partial charge in [-0.3, -0.25) is 9.79 Å². The Morgan fingerprint density at radius 2 is 1.96 bits per heavy atom. The normalized spacial score (nSPS) is 19.0. The molecule has 5 nitrogen and oxygen atoms in total. The molecular formula is C21H32FIN4O. The molecule has 1 aromatic carbocycles. The Kier molecular flexibility index (Phi) is 8.52. The number of rotatable bonds is 6. The standard InChI is InChI=1S/C21H31FN4O.HI/c1-3-24-20(26-12-8-16(9-13-26)14-19(27)23-2)25-15-21(10-11-21)17-6-4-5-7-18(17)22;/h4-7,16H,3,8-15H2,1-2H3,(H,23,27)(H,24,25);1H. The number of piperidine rings is 1. The van der Waals surface area contributed by atoms with Gasteiger partial charge >= 0.3 is 0 Å². The predicted octanol–water partition coefficient (Wildman–Crippen LogP) is 3.29. The fourth-order valence-electron chi connectivity index (χ4n) is 3.92. The molecule has 1 heterocycles. The summed E-state index contributed by atoms with van der Waals surface area (Å²) in [5, 5.41) is 6.10. The van der Waals surface area contributed by atoms with Gasteiger partial charge in [0.2, 0.25) is 5.91 Å². The number of guanidine groups is 1. The van der Waals surface area contributed by atoms with Gasteiger partial charge in [0.15, 0.2) is 5.96 Å². The van der Waals surface area contributed by atoms with Gasteiger partial charge in [-0.25, -0.2) is 4.39 Å². The molecule has 0 radical (unpaired) electrons. The first-order valence-electron chi connectivity index (χ1n) is 10.1. The first kappa shape index (κ1) is 22.9. The summed E-state index contributed by atoms with van der Waals surface area (Å²) < 4.78 is 14.2. The van der Waals surface area contributed by atoms with Gasteiger partial charge in [-0.15, -0.1) is 24.0 Å².